The molecular weight excluding hydrogens is 376 g/mol. The molecule has 0 heterocycles. The first-order chi connectivity index (χ1) is 14.5. The van der Waals surface area contributed by atoms with E-state index in [9.17, 15) is 15.3 Å². The summed E-state index contributed by atoms with van der Waals surface area (Å²) in [6, 6.07) is 8.06. The minimum atomic E-state index is -1.08. The van der Waals surface area contributed by atoms with Crippen LogP contribution in [0.5, 0.6) is 0 Å². The molecule has 0 fully saturated rings. The Labute approximate surface area is 184 Å². The van der Waals surface area contributed by atoms with Crippen LogP contribution in [0.25, 0.3) is 0 Å². The Balaban J connectivity index is 2.42. The number of unbranched alkanes of at least 4 members (excludes halogenated alkanes) is 7. The summed E-state index contributed by atoms with van der Waals surface area (Å²) in [5, 5.41) is 29.7. The van der Waals surface area contributed by atoms with E-state index in [-0.39, 0.29) is 19.8 Å². The highest BCUT2D eigenvalue weighted by molar-refractivity contribution is 5.26. The molecule has 1 aromatic rings. The van der Waals surface area contributed by atoms with Gasteiger partial charge in [0.2, 0.25) is 0 Å². The second-order valence-corrected chi connectivity index (χ2v) is 9.19. The molecule has 0 saturated carbocycles. The lowest BCUT2D eigenvalue weighted by Gasteiger charge is -2.36. The molecule has 1 unspecified atom stereocenters. The van der Waals surface area contributed by atoms with E-state index in [4.69, 9.17) is 4.74 Å². The second-order valence-electron chi connectivity index (χ2n) is 9.19. The smallest absolute Gasteiger partial charge is 0.0947 e. The van der Waals surface area contributed by atoms with E-state index >= 15 is 0 Å². The van der Waals surface area contributed by atoms with Crippen LogP contribution in [0.15, 0.2) is 24.3 Å². The van der Waals surface area contributed by atoms with Crippen molar-refractivity contribution in [2.75, 3.05) is 26.4 Å². The van der Waals surface area contributed by atoms with Crippen molar-refractivity contribution in [3.63, 3.8) is 0 Å². The third-order valence-corrected chi connectivity index (χ3v) is 6.15. The lowest BCUT2D eigenvalue weighted by molar-refractivity contribution is -0.117. The molecule has 0 amide bonds. The van der Waals surface area contributed by atoms with E-state index in [1.165, 1.54) is 50.5 Å². The summed E-state index contributed by atoms with van der Waals surface area (Å²) >= 11 is 0. The Hall–Kier alpha value is -0.940. The van der Waals surface area contributed by atoms with Crippen LogP contribution in [0.4, 0.5) is 0 Å². The minimum Gasteiger partial charge on any atom is -0.395 e. The molecule has 30 heavy (non-hydrogen) atoms. The number of ether oxygens (including phenoxy) is 1. The Kier molecular flexibility index (Phi) is 14.3. The normalized spacial score (nSPS) is 13.2. The van der Waals surface area contributed by atoms with Gasteiger partial charge in [0, 0.05) is 6.61 Å². The van der Waals surface area contributed by atoms with Gasteiger partial charge in [-0.2, -0.15) is 0 Å². The molecule has 0 bridgehead atoms. The van der Waals surface area contributed by atoms with Crippen LogP contribution in [0, 0.1) is 11.3 Å². The van der Waals surface area contributed by atoms with Gasteiger partial charge in [0.1, 0.15) is 0 Å². The summed E-state index contributed by atoms with van der Waals surface area (Å²) < 4.78 is 6.14. The van der Waals surface area contributed by atoms with Gasteiger partial charge in [0.15, 0.2) is 0 Å². The number of hydrogen-bond acceptors (Lipinski definition) is 4. The zero-order chi connectivity index (χ0) is 22.2. The van der Waals surface area contributed by atoms with Crippen molar-refractivity contribution < 1.29 is 20.1 Å². The first kappa shape index (κ1) is 27.1. The van der Waals surface area contributed by atoms with Crippen molar-refractivity contribution in [2.24, 2.45) is 11.3 Å². The van der Waals surface area contributed by atoms with Gasteiger partial charge in [-0.3, -0.25) is 0 Å². The highest BCUT2D eigenvalue weighted by Gasteiger charge is 2.39. The maximum atomic E-state index is 9.90. The minimum absolute atomic E-state index is 0.322. The summed E-state index contributed by atoms with van der Waals surface area (Å²) in [5.41, 5.74) is 1.04. The van der Waals surface area contributed by atoms with Gasteiger partial charge in [0.05, 0.1) is 31.3 Å². The molecule has 4 heteroatoms. The van der Waals surface area contributed by atoms with Crippen molar-refractivity contribution >= 4 is 0 Å². The topological polar surface area (TPSA) is 69.9 Å². The molecule has 3 N–H and O–H groups in total. The van der Waals surface area contributed by atoms with Crippen LogP contribution in [0.2, 0.25) is 0 Å². The molecule has 174 valence electrons. The summed E-state index contributed by atoms with van der Waals surface area (Å²) in [5.74, 6) is 0.819. The van der Waals surface area contributed by atoms with Gasteiger partial charge in [-0.1, -0.05) is 96.4 Å². The number of benzene rings is 1. The van der Waals surface area contributed by atoms with Gasteiger partial charge in [-0.05, 0) is 29.9 Å². The summed E-state index contributed by atoms with van der Waals surface area (Å²) in [6.45, 7) is 6.28. The monoisotopic (exact) mass is 422 g/mol. The van der Waals surface area contributed by atoms with Crippen molar-refractivity contribution in [1.29, 1.82) is 0 Å². The summed E-state index contributed by atoms with van der Waals surface area (Å²) in [4.78, 5) is 0. The molecule has 1 aromatic carbocycles. The third kappa shape index (κ3) is 9.47. The predicted molar refractivity (Wildman–Crippen MR) is 125 cm³/mol. The molecule has 0 aliphatic carbocycles. The predicted octanol–water partition coefficient (Wildman–Crippen LogP) is 5.44. The van der Waals surface area contributed by atoms with Crippen molar-refractivity contribution in [3.05, 3.63) is 35.4 Å². The number of aryl methyl sites for hydroxylation is 1. The van der Waals surface area contributed by atoms with Gasteiger partial charge >= 0.3 is 0 Å². The Bertz CT molecular complexity index is 514. The van der Waals surface area contributed by atoms with E-state index in [2.05, 4.69) is 20.8 Å². The molecule has 4 nitrogen and oxygen atoms in total. The van der Waals surface area contributed by atoms with Crippen LogP contribution in [-0.4, -0.2) is 41.7 Å². The molecule has 0 aromatic heterocycles. The SMILES string of the molecule is CCc1ccc(C(OCCCCCCCCCCC(C)C)C(CO)(CO)CO)cc1. The van der Waals surface area contributed by atoms with E-state index < -0.39 is 11.5 Å². The molecule has 0 saturated heterocycles. The van der Waals surface area contributed by atoms with Gasteiger partial charge < -0.3 is 20.1 Å². The van der Waals surface area contributed by atoms with Crippen LogP contribution < -0.4 is 0 Å². The maximum absolute atomic E-state index is 9.90. The van der Waals surface area contributed by atoms with E-state index in [1.54, 1.807) is 0 Å². The van der Waals surface area contributed by atoms with Crippen molar-refractivity contribution in [2.45, 2.75) is 91.1 Å². The van der Waals surface area contributed by atoms with Crippen molar-refractivity contribution in [1.82, 2.24) is 0 Å². The average molecular weight is 423 g/mol. The maximum Gasteiger partial charge on any atom is 0.0947 e. The molecule has 0 aliphatic heterocycles. The van der Waals surface area contributed by atoms with Crippen LogP contribution in [0.3, 0.4) is 0 Å². The molecule has 1 rings (SSSR count). The highest BCUT2D eigenvalue weighted by Crippen LogP contribution is 2.37. The van der Waals surface area contributed by atoms with Crippen LogP contribution >= 0.6 is 0 Å². The first-order valence-corrected chi connectivity index (χ1v) is 12.1. The lowest BCUT2D eigenvalue weighted by Crippen LogP contribution is -2.41. The summed E-state index contributed by atoms with van der Waals surface area (Å²) in [7, 11) is 0. The van der Waals surface area contributed by atoms with Crippen LogP contribution in [-0.2, 0) is 11.2 Å². The number of rotatable bonds is 18. The van der Waals surface area contributed by atoms with Gasteiger partial charge in [-0.25, -0.2) is 0 Å². The number of hydrogen-bond donors (Lipinski definition) is 3. The van der Waals surface area contributed by atoms with Gasteiger partial charge in [-0.15, -0.1) is 0 Å². The zero-order valence-corrected chi connectivity index (χ0v) is 19.6. The van der Waals surface area contributed by atoms with E-state index in [0.29, 0.717) is 6.61 Å². The zero-order valence-electron chi connectivity index (χ0n) is 19.6. The van der Waals surface area contributed by atoms with E-state index in [1.807, 2.05) is 24.3 Å². The third-order valence-electron chi connectivity index (χ3n) is 6.15. The Morgan fingerprint density at radius 3 is 1.73 bits per heavy atom. The molecule has 0 radical (unpaired) electrons. The first-order valence-electron chi connectivity index (χ1n) is 12.1. The van der Waals surface area contributed by atoms with Crippen LogP contribution in [0.1, 0.15) is 95.8 Å². The van der Waals surface area contributed by atoms with E-state index in [0.717, 1.165) is 30.7 Å². The number of aliphatic hydroxyl groups is 3. The second kappa shape index (κ2) is 15.8. The molecule has 0 aliphatic rings. The molecule has 0 spiro atoms. The fraction of sp³-hybridized carbons (Fsp3) is 0.769. The Morgan fingerprint density at radius 1 is 0.767 bits per heavy atom. The lowest BCUT2D eigenvalue weighted by atomic mass is 9.80. The van der Waals surface area contributed by atoms with Gasteiger partial charge in [0.25, 0.3) is 0 Å². The fourth-order valence-corrected chi connectivity index (χ4v) is 3.87. The fourth-order valence-electron chi connectivity index (χ4n) is 3.87. The highest BCUT2D eigenvalue weighted by atomic mass is 16.5. The molecule has 1 atom stereocenters. The number of aliphatic hydroxyl groups excluding tert-OH is 3. The molecular formula is C26H46O4. The van der Waals surface area contributed by atoms with Crippen molar-refractivity contribution in [3.8, 4) is 0 Å². The average Bonchev–Trinajstić information content (AvgIpc) is 2.77. The quantitative estimate of drug-likeness (QED) is 0.276. The largest absolute Gasteiger partial charge is 0.395 e. The Morgan fingerprint density at radius 2 is 1.27 bits per heavy atom. The summed E-state index contributed by atoms with van der Waals surface area (Å²) in [6.07, 6.45) is 11.7. The standard InChI is InChI=1S/C26H46O4/c1-4-23-14-16-24(17-15-23)25(26(19-27,20-28)21-29)30-18-12-10-8-6-5-7-9-11-13-22(2)3/h14-17,22,25,27-29H,4-13,18-21H2,1-3H3.